The molecule has 2 aromatic carbocycles. The maximum absolute atomic E-state index is 12.2. The van der Waals surface area contributed by atoms with E-state index in [1.54, 1.807) is 24.1 Å². The molecule has 0 unspecified atom stereocenters. The second kappa shape index (κ2) is 7.57. The van der Waals surface area contributed by atoms with Gasteiger partial charge in [0, 0.05) is 23.7 Å². The molecule has 0 radical (unpaired) electrons. The molecule has 1 heterocycles. The Morgan fingerprint density at radius 3 is 2.52 bits per heavy atom. The summed E-state index contributed by atoms with van der Waals surface area (Å²) in [5.41, 5.74) is 1.69. The SMILES string of the molecule is COc1ccc(N2C[C@H](NC(=O)Cc3ccc(Cl)cc3)CC2=O)cc1. The van der Waals surface area contributed by atoms with Gasteiger partial charge >= 0.3 is 0 Å². The first-order chi connectivity index (χ1) is 12.0. The van der Waals surface area contributed by atoms with Gasteiger partial charge in [-0.3, -0.25) is 9.59 Å². The smallest absolute Gasteiger partial charge is 0.229 e. The van der Waals surface area contributed by atoms with Crippen molar-refractivity contribution in [3.05, 3.63) is 59.1 Å². The van der Waals surface area contributed by atoms with E-state index in [9.17, 15) is 9.59 Å². The number of anilines is 1. The van der Waals surface area contributed by atoms with Crippen LogP contribution in [-0.4, -0.2) is 31.5 Å². The third-order valence-corrected chi connectivity index (χ3v) is 4.40. The van der Waals surface area contributed by atoms with Crippen LogP contribution in [0, 0.1) is 0 Å². The van der Waals surface area contributed by atoms with Crippen LogP contribution in [0.2, 0.25) is 5.02 Å². The predicted molar refractivity (Wildman–Crippen MR) is 97.1 cm³/mol. The molecule has 0 spiro atoms. The van der Waals surface area contributed by atoms with E-state index in [1.807, 2.05) is 36.4 Å². The summed E-state index contributed by atoms with van der Waals surface area (Å²) in [6, 6.07) is 14.3. The zero-order chi connectivity index (χ0) is 17.8. The van der Waals surface area contributed by atoms with Crippen molar-refractivity contribution in [2.24, 2.45) is 0 Å². The molecule has 1 saturated heterocycles. The summed E-state index contributed by atoms with van der Waals surface area (Å²) in [7, 11) is 1.60. The molecule has 1 N–H and O–H groups in total. The number of nitrogens with one attached hydrogen (secondary N) is 1. The average Bonchev–Trinajstić information content (AvgIpc) is 2.97. The van der Waals surface area contributed by atoms with Crippen molar-refractivity contribution in [2.45, 2.75) is 18.9 Å². The topological polar surface area (TPSA) is 58.6 Å². The molecular weight excluding hydrogens is 340 g/mol. The van der Waals surface area contributed by atoms with E-state index in [2.05, 4.69) is 5.32 Å². The standard InChI is InChI=1S/C19H19ClN2O3/c1-25-17-8-6-16(7-9-17)22-12-15(11-19(22)24)21-18(23)10-13-2-4-14(20)5-3-13/h2-9,15H,10-12H2,1H3,(H,21,23)/t15-/m1/s1. The zero-order valence-corrected chi connectivity index (χ0v) is 14.6. The molecule has 0 aliphatic carbocycles. The molecule has 0 aromatic heterocycles. The summed E-state index contributed by atoms with van der Waals surface area (Å²) >= 11 is 5.84. The molecule has 1 fully saturated rings. The molecule has 2 aromatic rings. The Hall–Kier alpha value is -2.53. The first-order valence-electron chi connectivity index (χ1n) is 8.03. The first-order valence-corrected chi connectivity index (χ1v) is 8.41. The highest BCUT2D eigenvalue weighted by molar-refractivity contribution is 6.30. The molecule has 6 heteroatoms. The van der Waals surface area contributed by atoms with Crippen LogP contribution in [0.3, 0.4) is 0 Å². The molecule has 1 aliphatic heterocycles. The van der Waals surface area contributed by atoms with Gasteiger partial charge in [-0.05, 0) is 42.0 Å². The number of methoxy groups -OCH3 is 1. The fourth-order valence-corrected chi connectivity index (χ4v) is 3.01. The Kier molecular flexibility index (Phi) is 5.24. The van der Waals surface area contributed by atoms with Gasteiger partial charge in [0.1, 0.15) is 5.75 Å². The lowest BCUT2D eigenvalue weighted by atomic mass is 10.1. The molecule has 2 amide bonds. The van der Waals surface area contributed by atoms with E-state index < -0.39 is 0 Å². The highest BCUT2D eigenvalue weighted by Gasteiger charge is 2.31. The minimum atomic E-state index is -0.186. The Morgan fingerprint density at radius 1 is 1.20 bits per heavy atom. The molecular formula is C19H19ClN2O3. The van der Waals surface area contributed by atoms with Gasteiger partial charge in [0.2, 0.25) is 11.8 Å². The van der Waals surface area contributed by atoms with Crippen molar-refractivity contribution < 1.29 is 14.3 Å². The summed E-state index contributed by atoms with van der Waals surface area (Å²) in [5.74, 6) is 0.641. The van der Waals surface area contributed by atoms with Gasteiger partial charge in [-0.1, -0.05) is 23.7 Å². The highest BCUT2D eigenvalue weighted by Crippen LogP contribution is 2.24. The van der Waals surface area contributed by atoms with Gasteiger partial charge < -0.3 is 15.0 Å². The van der Waals surface area contributed by atoms with E-state index in [0.29, 0.717) is 18.0 Å². The number of halogens is 1. The fourth-order valence-electron chi connectivity index (χ4n) is 2.88. The molecule has 0 bridgehead atoms. The minimum Gasteiger partial charge on any atom is -0.497 e. The average molecular weight is 359 g/mol. The molecule has 3 rings (SSSR count). The Balaban J connectivity index is 1.58. The second-order valence-electron chi connectivity index (χ2n) is 5.97. The van der Waals surface area contributed by atoms with Crippen LogP contribution in [-0.2, 0) is 16.0 Å². The van der Waals surface area contributed by atoms with Gasteiger partial charge in [-0.2, -0.15) is 0 Å². The van der Waals surface area contributed by atoms with Crippen LogP contribution in [0.25, 0.3) is 0 Å². The second-order valence-corrected chi connectivity index (χ2v) is 6.41. The summed E-state index contributed by atoms with van der Waals surface area (Å²) in [4.78, 5) is 26.1. The lowest BCUT2D eigenvalue weighted by Gasteiger charge is -2.17. The largest absolute Gasteiger partial charge is 0.497 e. The Bertz CT molecular complexity index is 759. The van der Waals surface area contributed by atoms with Crippen molar-refractivity contribution in [3.8, 4) is 5.75 Å². The van der Waals surface area contributed by atoms with Crippen molar-refractivity contribution in [2.75, 3.05) is 18.6 Å². The fraction of sp³-hybridized carbons (Fsp3) is 0.263. The van der Waals surface area contributed by atoms with Crippen molar-refractivity contribution >= 4 is 29.1 Å². The molecule has 1 atom stereocenters. The van der Waals surface area contributed by atoms with Crippen LogP contribution in [0.4, 0.5) is 5.69 Å². The van der Waals surface area contributed by atoms with Crippen molar-refractivity contribution in [1.29, 1.82) is 0 Å². The normalized spacial score (nSPS) is 16.8. The Morgan fingerprint density at radius 2 is 1.88 bits per heavy atom. The lowest BCUT2D eigenvalue weighted by molar-refractivity contribution is -0.121. The summed E-state index contributed by atoms with van der Waals surface area (Å²) in [5, 5.41) is 3.58. The number of ether oxygens (including phenoxy) is 1. The molecule has 1 aliphatic rings. The lowest BCUT2D eigenvalue weighted by Crippen LogP contribution is -2.38. The van der Waals surface area contributed by atoms with E-state index in [1.165, 1.54) is 0 Å². The third kappa shape index (κ3) is 4.31. The van der Waals surface area contributed by atoms with Gasteiger partial charge in [-0.15, -0.1) is 0 Å². The summed E-state index contributed by atoms with van der Waals surface area (Å²) in [6.45, 7) is 0.470. The van der Waals surface area contributed by atoms with Crippen LogP contribution in [0.15, 0.2) is 48.5 Å². The number of hydrogen-bond donors (Lipinski definition) is 1. The van der Waals surface area contributed by atoms with Gasteiger partial charge in [-0.25, -0.2) is 0 Å². The van der Waals surface area contributed by atoms with Gasteiger partial charge in [0.05, 0.1) is 19.6 Å². The first kappa shape index (κ1) is 17.3. The van der Waals surface area contributed by atoms with Crippen molar-refractivity contribution in [1.82, 2.24) is 5.32 Å². The maximum atomic E-state index is 12.2. The van der Waals surface area contributed by atoms with E-state index in [0.717, 1.165) is 17.0 Å². The number of amides is 2. The number of carbonyl (C=O) groups is 2. The molecule has 25 heavy (non-hydrogen) atoms. The molecule has 130 valence electrons. The highest BCUT2D eigenvalue weighted by atomic mass is 35.5. The number of hydrogen-bond acceptors (Lipinski definition) is 3. The zero-order valence-electron chi connectivity index (χ0n) is 13.9. The number of carbonyl (C=O) groups excluding carboxylic acids is 2. The number of rotatable bonds is 5. The van der Waals surface area contributed by atoms with Gasteiger partial charge in [0.25, 0.3) is 0 Å². The minimum absolute atomic E-state index is 0.00181. The number of nitrogens with zero attached hydrogens (tertiary/aromatic N) is 1. The quantitative estimate of drug-likeness (QED) is 0.894. The van der Waals surface area contributed by atoms with Crippen LogP contribution in [0.5, 0.6) is 5.75 Å². The van der Waals surface area contributed by atoms with Crippen LogP contribution >= 0.6 is 11.6 Å². The van der Waals surface area contributed by atoms with Crippen molar-refractivity contribution in [3.63, 3.8) is 0 Å². The van der Waals surface area contributed by atoms with E-state index >= 15 is 0 Å². The summed E-state index contributed by atoms with van der Waals surface area (Å²) < 4.78 is 5.13. The third-order valence-electron chi connectivity index (χ3n) is 4.15. The van der Waals surface area contributed by atoms with Crippen LogP contribution in [0.1, 0.15) is 12.0 Å². The van der Waals surface area contributed by atoms with Gasteiger partial charge in [0.15, 0.2) is 0 Å². The van der Waals surface area contributed by atoms with E-state index in [-0.39, 0.29) is 24.3 Å². The Labute approximate surface area is 151 Å². The van der Waals surface area contributed by atoms with E-state index in [4.69, 9.17) is 16.3 Å². The predicted octanol–water partition coefficient (Wildman–Crippen LogP) is 2.81. The maximum Gasteiger partial charge on any atom is 0.229 e. The monoisotopic (exact) mass is 358 g/mol. The molecule has 0 saturated carbocycles. The van der Waals surface area contributed by atoms with Crippen LogP contribution < -0.4 is 15.0 Å². The summed E-state index contributed by atoms with van der Waals surface area (Å²) in [6.07, 6.45) is 0.572. The molecule has 5 nitrogen and oxygen atoms in total. The number of benzene rings is 2.